The molecule has 1 aliphatic heterocycles. The van der Waals surface area contributed by atoms with Crippen molar-refractivity contribution in [2.45, 2.75) is 83.4 Å². The van der Waals surface area contributed by atoms with Crippen LogP contribution in [0.25, 0.3) is 17.2 Å². The van der Waals surface area contributed by atoms with E-state index in [0.29, 0.717) is 68.0 Å². The zero-order chi connectivity index (χ0) is 39.0. The lowest BCUT2D eigenvalue weighted by Gasteiger charge is -2.30. The van der Waals surface area contributed by atoms with Gasteiger partial charge in [0.05, 0.1) is 29.8 Å². The number of hydrogen-bond donors (Lipinski definition) is 1. The van der Waals surface area contributed by atoms with Gasteiger partial charge < -0.3 is 29.0 Å². The molecule has 11 heteroatoms. The van der Waals surface area contributed by atoms with E-state index in [1.807, 2.05) is 29.0 Å². The Bertz CT molecular complexity index is 1890. The number of unbranched alkanes of at least 4 members (excludes halogenated alkanes) is 1. The predicted octanol–water partition coefficient (Wildman–Crippen LogP) is 8.68. The molecule has 1 N–H and O–H groups in total. The molecule has 1 amide bonds. The number of aryl methyl sites for hydroxylation is 1. The van der Waals surface area contributed by atoms with Crippen LogP contribution in [0.4, 0.5) is 11.4 Å². The molecule has 0 spiro atoms. The number of imidazole rings is 1. The summed E-state index contributed by atoms with van der Waals surface area (Å²) in [6.07, 6.45) is 10.2. The van der Waals surface area contributed by atoms with Crippen molar-refractivity contribution in [1.82, 2.24) is 9.55 Å². The number of carbonyl (C=O) groups excluding carboxylic acids is 2. The second-order valence-electron chi connectivity index (χ2n) is 14.1. The summed E-state index contributed by atoms with van der Waals surface area (Å²) in [5.41, 5.74) is 5.71. The highest BCUT2D eigenvalue weighted by Crippen LogP contribution is 2.34. The van der Waals surface area contributed by atoms with Crippen molar-refractivity contribution in [2.24, 2.45) is 5.92 Å². The number of nitrogens with zero attached hydrogens (tertiary/aromatic N) is 3. The highest BCUT2D eigenvalue weighted by atomic mass is 32.2. The molecular weight excluding hydrogens is 713 g/mol. The third-order valence-electron chi connectivity index (χ3n) is 9.30. The van der Waals surface area contributed by atoms with Crippen LogP contribution in [0.3, 0.4) is 0 Å². The molecule has 0 saturated carbocycles. The highest BCUT2D eigenvalue weighted by molar-refractivity contribution is 7.84. The minimum absolute atomic E-state index is 0.141. The fourth-order valence-electron chi connectivity index (χ4n) is 6.49. The molecule has 10 nitrogen and oxygen atoms in total. The molecule has 0 bridgehead atoms. The maximum Gasteiger partial charge on any atom is 0.305 e. The number of nitrogens with one attached hydrogen (secondary N) is 1. The molecule has 1 aliphatic rings. The van der Waals surface area contributed by atoms with Gasteiger partial charge in [-0.3, -0.25) is 13.8 Å². The Morgan fingerprint density at radius 3 is 2.47 bits per heavy atom. The molecule has 5 rings (SSSR count). The monoisotopic (exact) mass is 768 g/mol. The van der Waals surface area contributed by atoms with Crippen LogP contribution in [-0.4, -0.2) is 65.2 Å². The number of fused-ring (bicyclic) bond motifs is 1. The summed E-state index contributed by atoms with van der Waals surface area (Å²) in [4.78, 5) is 32.9. The molecule has 1 aromatic heterocycles. The van der Waals surface area contributed by atoms with Crippen molar-refractivity contribution < 1.29 is 28.0 Å². The summed E-state index contributed by atoms with van der Waals surface area (Å²) in [5.74, 6) is 1.87. The van der Waals surface area contributed by atoms with Gasteiger partial charge in [0.2, 0.25) is 0 Å². The lowest BCUT2D eigenvalue weighted by molar-refractivity contribution is -0.143. The van der Waals surface area contributed by atoms with E-state index in [1.54, 1.807) is 37.4 Å². The first-order valence-electron chi connectivity index (χ1n) is 19.6. The van der Waals surface area contributed by atoms with Gasteiger partial charge in [0, 0.05) is 66.9 Å². The van der Waals surface area contributed by atoms with Gasteiger partial charge in [-0.15, -0.1) is 0 Å². The zero-order valence-electron chi connectivity index (χ0n) is 32.8. The van der Waals surface area contributed by atoms with Crippen molar-refractivity contribution in [3.05, 3.63) is 96.1 Å². The Labute approximate surface area is 328 Å². The summed E-state index contributed by atoms with van der Waals surface area (Å²) >= 11 is 0. The van der Waals surface area contributed by atoms with E-state index in [0.717, 1.165) is 72.7 Å². The second kappa shape index (κ2) is 21.4. The van der Waals surface area contributed by atoms with Gasteiger partial charge in [-0.2, -0.15) is 0 Å². The topological polar surface area (TPSA) is 112 Å². The van der Waals surface area contributed by atoms with E-state index in [1.165, 1.54) is 0 Å². The molecule has 3 aromatic carbocycles. The number of aromatic nitrogens is 2. The van der Waals surface area contributed by atoms with Gasteiger partial charge in [0.1, 0.15) is 18.2 Å². The highest BCUT2D eigenvalue weighted by Gasteiger charge is 2.20. The predicted molar refractivity (Wildman–Crippen MR) is 221 cm³/mol. The Balaban J connectivity index is 1.23. The summed E-state index contributed by atoms with van der Waals surface area (Å²) in [6, 6.07) is 21.8. The quantitative estimate of drug-likeness (QED) is 0.0703. The van der Waals surface area contributed by atoms with Crippen LogP contribution in [0.5, 0.6) is 5.75 Å². The zero-order valence-corrected chi connectivity index (χ0v) is 33.6. The second-order valence-corrected chi connectivity index (χ2v) is 15.6. The Kier molecular flexibility index (Phi) is 16.1. The maximum absolute atomic E-state index is 13.7. The molecular formula is C44H56N4O6S. The van der Waals surface area contributed by atoms with Crippen LogP contribution in [0, 0.1) is 5.92 Å². The number of rotatable bonds is 20. The van der Waals surface area contributed by atoms with Crippen LogP contribution in [0.15, 0.2) is 89.6 Å². The Hall–Kier alpha value is -4.74. The first kappa shape index (κ1) is 41.4. The third-order valence-corrected chi connectivity index (χ3v) is 10.6. The number of hydrogen-bond acceptors (Lipinski definition) is 8. The van der Waals surface area contributed by atoms with Crippen molar-refractivity contribution in [3.8, 4) is 16.9 Å². The molecule has 0 fully saturated rings. The largest absolute Gasteiger partial charge is 0.491 e. The van der Waals surface area contributed by atoms with Crippen LogP contribution < -0.4 is 15.0 Å². The van der Waals surface area contributed by atoms with Gasteiger partial charge in [0.15, 0.2) is 0 Å². The van der Waals surface area contributed by atoms with Crippen molar-refractivity contribution in [2.75, 3.05) is 49.7 Å². The summed E-state index contributed by atoms with van der Waals surface area (Å²) in [7, 11) is -1.34. The van der Waals surface area contributed by atoms with E-state index in [4.69, 9.17) is 14.2 Å². The average Bonchev–Trinajstić information content (AvgIpc) is 3.61. The van der Waals surface area contributed by atoms with E-state index in [-0.39, 0.29) is 17.6 Å². The minimum atomic E-state index is -1.34. The number of benzene rings is 3. The van der Waals surface area contributed by atoms with Crippen LogP contribution >= 0.6 is 0 Å². The van der Waals surface area contributed by atoms with Gasteiger partial charge in [0.25, 0.3) is 5.91 Å². The smallest absolute Gasteiger partial charge is 0.305 e. The van der Waals surface area contributed by atoms with Crippen LogP contribution in [0.1, 0.15) is 77.6 Å². The molecule has 4 aromatic rings. The molecule has 0 saturated heterocycles. The molecule has 0 radical (unpaired) electrons. The molecule has 55 heavy (non-hydrogen) atoms. The molecule has 1 atom stereocenters. The maximum atomic E-state index is 13.7. The van der Waals surface area contributed by atoms with Crippen molar-refractivity contribution in [1.29, 1.82) is 0 Å². The molecule has 1 unspecified atom stereocenters. The van der Waals surface area contributed by atoms with E-state index in [2.05, 4.69) is 66.3 Å². The normalized spacial score (nSPS) is 13.4. The van der Waals surface area contributed by atoms with E-state index in [9.17, 15) is 13.8 Å². The molecule has 294 valence electrons. The Morgan fingerprint density at radius 2 is 1.73 bits per heavy atom. The lowest BCUT2D eigenvalue weighted by atomic mass is 9.96. The number of anilines is 2. The number of carbonyl (C=O) groups is 2. The van der Waals surface area contributed by atoms with Gasteiger partial charge in [-0.1, -0.05) is 51.5 Å². The number of amides is 1. The summed E-state index contributed by atoms with van der Waals surface area (Å²) in [6.45, 7) is 13.0. The van der Waals surface area contributed by atoms with Crippen LogP contribution in [0.2, 0.25) is 0 Å². The fraction of sp³-hybridized carbons (Fsp3) is 0.432. The number of ether oxygens (including phenoxy) is 3. The van der Waals surface area contributed by atoms with Crippen molar-refractivity contribution >= 4 is 40.1 Å². The van der Waals surface area contributed by atoms with Gasteiger partial charge in [-0.25, -0.2) is 4.98 Å². The first-order chi connectivity index (χ1) is 26.7. The third kappa shape index (κ3) is 12.7. The van der Waals surface area contributed by atoms with Crippen molar-refractivity contribution in [3.63, 3.8) is 0 Å². The van der Waals surface area contributed by atoms with E-state index < -0.39 is 10.8 Å². The van der Waals surface area contributed by atoms with Gasteiger partial charge >= 0.3 is 5.97 Å². The standard InChI is InChI=1S/C44H56N4O6S/c1-5-7-26-52-27-28-54-39-18-14-34(15-19-39)35-12-13-36-29-37(10-8-24-48(31-33(3)4)41(36)30-35)44(50)46-38-16-20-40(21-17-38)55(51)32-42-45-22-25-47(42)23-9-11-43(49)53-6-2/h12-22,25,29-30,33H,5-11,23-24,26-28,31-32H2,1-4H3,(H,46,50). The van der Waals surface area contributed by atoms with Gasteiger partial charge in [-0.05, 0) is 104 Å². The SMILES string of the molecule is CCCCOCCOc1ccc(-c2ccc3c(c2)N(CC(C)C)CCCC(C(=O)Nc2ccc(S(=O)Cc4nccn4CCCC(=O)OCC)cc2)=C3)cc1. The fourth-order valence-corrected chi connectivity index (χ4v) is 7.57. The van der Waals surface area contributed by atoms with Crippen LogP contribution in [-0.2, 0) is 42.2 Å². The summed E-state index contributed by atoms with van der Waals surface area (Å²) in [5, 5.41) is 3.07. The number of esters is 1. The molecule has 2 heterocycles. The molecule has 0 aliphatic carbocycles. The minimum Gasteiger partial charge on any atom is -0.491 e. The average molecular weight is 769 g/mol. The summed E-state index contributed by atoms with van der Waals surface area (Å²) < 4.78 is 31.7. The lowest BCUT2D eigenvalue weighted by Crippen LogP contribution is -2.30. The first-order valence-corrected chi connectivity index (χ1v) is 20.9. The van der Waals surface area contributed by atoms with E-state index >= 15 is 0 Å². The Morgan fingerprint density at radius 1 is 0.945 bits per heavy atom.